The Hall–Kier alpha value is -2.88. The molecule has 0 radical (unpaired) electrons. The van der Waals surface area contributed by atoms with Gasteiger partial charge in [-0.25, -0.2) is 8.78 Å². The number of aromatic nitrogens is 1. The van der Waals surface area contributed by atoms with E-state index in [1.165, 1.54) is 24.3 Å². The molecule has 10 heteroatoms. The normalized spacial score (nSPS) is 13.5. The van der Waals surface area contributed by atoms with E-state index in [0.29, 0.717) is 4.57 Å². The van der Waals surface area contributed by atoms with Gasteiger partial charge in [0.15, 0.2) is 0 Å². The summed E-state index contributed by atoms with van der Waals surface area (Å²) in [6.07, 6.45) is -9.73. The summed E-state index contributed by atoms with van der Waals surface area (Å²) in [6, 6.07) is 7.53. The van der Waals surface area contributed by atoms with Gasteiger partial charge in [-0.1, -0.05) is 12.1 Å². The van der Waals surface area contributed by atoms with Gasteiger partial charge >= 0.3 is 12.4 Å². The lowest BCUT2D eigenvalue weighted by Crippen LogP contribution is -2.34. The molecule has 0 amide bonds. The van der Waals surface area contributed by atoms with E-state index < -0.39 is 42.3 Å². The first-order valence-electron chi connectivity index (χ1n) is 8.96. The maximum absolute atomic E-state index is 13.6. The molecule has 1 atom stereocenters. The van der Waals surface area contributed by atoms with E-state index in [0.717, 1.165) is 37.4 Å². The molecule has 0 aliphatic carbocycles. The lowest BCUT2D eigenvalue weighted by Gasteiger charge is -2.23. The van der Waals surface area contributed by atoms with Crippen molar-refractivity contribution >= 4 is 0 Å². The van der Waals surface area contributed by atoms with Gasteiger partial charge in [0.2, 0.25) is 0 Å². The highest BCUT2D eigenvalue weighted by Crippen LogP contribution is 2.42. The Morgan fingerprint density at radius 1 is 0.806 bits per heavy atom. The Kier molecular flexibility index (Phi) is 6.13. The Labute approximate surface area is 172 Å². The molecular weight excluding hydrogens is 432 g/mol. The van der Waals surface area contributed by atoms with Crippen LogP contribution < -0.4 is 5.32 Å². The lowest BCUT2D eigenvalue weighted by atomic mass is 10.0. The molecule has 2 aromatic carbocycles. The zero-order valence-electron chi connectivity index (χ0n) is 16.0. The van der Waals surface area contributed by atoms with E-state index in [-0.39, 0.29) is 22.4 Å². The standard InChI is InChI=1S/C21H16F8N2/c1-30-19(21(27,28)29)17-10-16(12-2-6-14(22)7-3-12)18(31(17)11-20(24,25)26)13-4-8-15(23)9-5-13/h2-10,19,30H,11H2,1H3. The number of nitrogens with one attached hydrogen (secondary N) is 1. The Bertz CT molecular complexity index is 1030. The minimum absolute atomic E-state index is 0.0235. The zero-order chi connectivity index (χ0) is 23.0. The average Bonchev–Trinajstić information content (AvgIpc) is 2.99. The molecule has 0 aliphatic heterocycles. The first kappa shape index (κ1) is 22.8. The average molecular weight is 448 g/mol. The molecule has 1 heterocycles. The fraction of sp³-hybridized carbons (Fsp3) is 0.238. The van der Waals surface area contributed by atoms with E-state index in [9.17, 15) is 35.1 Å². The molecule has 31 heavy (non-hydrogen) atoms. The summed E-state index contributed by atoms with van der Waals surface area (Å²) in [7, 11) is 0.984. The largest absolute Gasteiger partial charge is 0.409 e. The summed E-state index contributed by atoms with van der Waals surface area (Å²) >= 11 is 0. The molecule has 1 unspecified atom stereocenters. The Morgan fingerprint density at radius 2 is 1.29 bits per heavy atom. The third kappa shape index (κ3) is 5.07. The molecule has 166 valence electrons. The van der Waals surface area contributed by atoms with E-state index in [4.69, 9.17) is 0 Å². The van der Waals surface area contributed by atoms with Crippen molar-refractivity contribution in [3.05, 3.63) is 71.9 Å². The quantitative estimate of drug-likeness (QED) is 0.442. The highest BCUT2D eigenvalue weighted by atomic mass is 19.4. The minimum Gasteiger partial charge on any atom is -0.333 e. The first-order chi connectivity index (χ1) is 14.4. The molecule has 0 fully saturated rings. The fourth-order valence-corrected chi connectivity index (χ4v) is 3.41. The number of rotatable bonds is 5. The molecule has 0 saturated carbocycles. The highest BCUT2D eigenvalue weighted by molar-refractivity contribution is 5.83. The van der Waals surface area contributed by atoms with Gasteiger partial charge in [0.05, 0.1) is 5.69 Å². The topological polar surface area (TPSA) is 17.0 Å². The van der Waals surface area contributed by atoms with Gasteiger partial charge in [-0.05, 0) is 60.6 Å². The molecular formula is C21H16F8N2. The van der Waals surface area contributed by atoms with Crippen molar-refractivity contribution in [2.75, 3.05) is 7.05 Å². The SMILES string of the molecule is CNC(c1cc(-c2ccc(F)cc2)c(-c2ccc(F)cc2)n1CC(F)(F)F)C(F)(F)F. The Morgan fingerprint density at radius 3 is 1.71 bits per heavy atom. The molecule has 0 aliphatic rings. The smallest absolute Gasteiger partial charge is 0.333 e. The molecule has 2 nitrogen and oxygen atoms in total. The third-order valence-corrected chi connectivity index (χ3v) is 4.65. The van der Waals surface area contributed by atoms with E-state index >= 15 is 0 Å². The van der Waals surface area contributed by atoms with Crippen molar-refractivity contribution in [1.29, 1.82) is 0 Å². The van der Waals surface area contributed by atoms with Gasteiger partial charge in [-0.2, -0.15) is 26.3 Å². The molecule has 3 rings (SSSR count). The number of halogens is 8. The van der Waals surface area contributed by atoms with Crippen molar-refractivity contribution in [3.63, 3.8) is 0 Å². The summed E-state index contributed by atoms with van der Waals surface area (Å²) in [4.78, 5) is 0. The summed E-state index contributed by atoms with van der Waals surface area (Å²) < 4.78 is 108. The third-order valence-electron chi connectivity index (χ3n) is 4.65. The molecule has 0 bridgehead atoms. The van der Waals surface area contributed by atoms with Crippen LogP contribution in [-0.2, 0) is 6.54 Å². The van der Waals surface area contributed by atoms with Crippen LogP contribution in [0.3, 0.4) is 0 Å². The van der Waals surface area contributed by atoms with Crippen LogP contribution in [0.5, 0.6) is 0 Å². The zero-order valence-corrected chi connectivity index (χ0v) is 16.0. The van der Waals surface area contributed by atoms with E-state index in [2.05, 4.69) is 0 Å². The number of alkyl halides is 6. The number of hydrogen-bond acceptors (Lipinski definition) is 1. The van der Waals surface area contributed by atoms with Gasteiger partial charge in [-0.15, -0.1) is 0 Å². The van der Waals surface area contributed by atoms with E-state index in [1.807, 2.05) is 5.32 Å². The van der Waals surface area contributed by atoms with Crippen LogP contribution in [0.4, 0.5) is 35.1 Å². The summed E-state index contributed by atoms with van der Waals surface area (Å²) in [5.74, 6) is -1.28. The van der Waals surface area contributed by atoms with E-state index in [1.54, 1.807) is 0 Å². The Balaban J connectivity index is 2.37. The van der Waals surface area contributed by atoms with Crippen molar-refractivity contribution in [2.24, 2.45) is 0 Å². The van der Waals surface area contributed by atoms with Crippen molar-refractivity contribution in [1.82, 2.24) is 9.88 Å². The lowest BCUT2D eigenvalue weighted by molar-refractivity contribution is -0.161. The number of hydrogen-bond donors (Lipinski definition) is 1. The molecule has 1 N–H and O–H groups in total. The minimum atomic E-state index is -4.89. The van der Waals surface area contributed by atoms with Crippen molar-refractivity contribution in [3.8, 4) is 22.4 Å². The molecule has 1 aromatic heterocycles. The molecule has 0 saturated heterocycles. The maximum Gasteiger partial charge on any atom is 0.409 e. The molecule has 0 spiro atoms. The summed E-state index contributed by atoms with van der Waals surface area (Å²) in [5, 5.41) is 2.01. The number of benzene rings is 2. The van der Waals surface area contributed by atoms with Crippen LogP contribution in [-0.4, -0.2) is 24.0 Å². The van der Waals surface area contributed by atoms with Crippen molar-refractivity contribution in [2.45, 2.75) is 24.9 Å². The number of nitrogens with zero attached hydrogens (tertiary/aromatic N) is 1. The fourth-order valence-electron chi connectivity index (χ4n) is 3.41. The van der Waals surface area contributed by atoms with Crippen LogP contribution >= 0.6 is 0 Å². The monoisotopic (exact) mass is 448 g/mol. The van der Waals surface area contributed by atoms with Crippen LogP contribution in [0.2, 0.25) is 0 Å². The predicted molar refractivity (Wildman–Crippen MR) is 99.1 cm³/mol. The summed E-state index contributed by atoms with van der Waals surface area (Å²) in [6.45, 7) is -1.70. The maximum atomic E-state index is 13.6. The van der Waals surface area contributed by atoms with Gasteiger partial charge in [-0.3, -0.25) is 0 Å². The summed E-state index contributed by atoms with van der Waals surface area (Å²) in [5.41, 5.74) is -0.557. The van der Waals surface area contributed by atoms with Crippen LogP contribution in [0.15, 0.2) is 54.6 Å². The highest BCUT2D eigenvalue weighted by Gasteiger charge is 2.44. The van der Waals surface area contributed by atoms with Gasteiger partial charge in [0, 0.05) is 11.3 Å². The first-order valence-corrected chi connectivity index (χ1v) is 8.96. The van der Waals surface area contributed by atoms with Gasteiger partial charge in [0.25, 0.3) is 0 Å². The van der Waals surface area contributed by atoms with Crippen LogP contribution in [0.1, 0.15) is 11.7 Å². The molecule has 3 aromatic rings. The van der Waals surface area contributed by atoms with Gasteiger partial charge < -0.3 is 9.88 Å². The predicted octanol–water partition coefficient (Wildman–Crippen LogP) is 6.49. The second-order valence-corrected chi connectivity index (χ2v) is 6.81. The van der Waals surface area contributed by atoms with Crippen LogP contribution in [0, 0.1) is 11.6 Å². The van der Waals surface area contributed by atoms with Crippen LogP contribution in [0.25, 0.3) is 22.4 Å². The van der Waals surface area contributed by atoms with Gasteiger partial charge in [0.1, 0.15) is 24.2 Å². The van der Waals surface area contributed by atoms with Crippen molar-refractivity contribution < 1.29 is 35.1 Å². The second-order valence-electron chi connectivity index (χ2n) is 6.81. The second kappa shape index (κ2) is 8.33.